The lowest BCUT2D eigenvalue weighted by molar-refractivity contribution is -0.183. The van der Waals surface area contributed by atoms with Crippen molar-refractivity contribution in [2.75, 3.05) is 13.1 Å². The van der Waals surface area contributed by atoms with Crippen molar-refractivity contribution in [1.82, 2.24) is 5.06 Å². The van der Waals surface area contributed by atoms with Gasteiger partial charge in [0.1, 0.15) is 0 Å². The van der Waals surface area contributed by atoms with Gasteiger partial charge < -0.3 is 0 Å². The van der Waals surface area contributed by atoms with Gasteiger partial charge >= 0.3 is 0 Å². The lowest BCUT2D eigenvalue weighted by Gasteiger charge is -2.31. The van der Waals surface area contributed by atoms with Crippen molar-refractivity contribution in [1.29, 1.82) is 0 Å². The molecular weight excluding hydrogens is 258 g/mol. The highest BCUT2D eigenvalue weighted by molar-refractivity contribution is 5.15. The molecule has 0 radical (unpaired) electrons. The van der Waals surface area contributed by atoms with Crippen LogP contribution in [0.15, 0.2) is 60.7 Å². The van der Waals surface area contributed by atoms with Gasteiger partial charge in [-0.25, -0.2) is 0 Å². The van der Waals surface area contributed by atoms with Crippen LogP contribution in [0.4, 0.5) is 0 Å². The average Bonchev–Trinajstić information content (AvgIpc) is 2.56. The largest absolute Gasteiger partial charge is 0.294 e. The Hall–Kier alpha value is -1.64. The monoisotopic (exact) mass is 281 g/mol. The summed E-state index contributed by atoms with van der Waals surface area (Å²) in [5, 5.41) is 2.13. The van der Waals surface area contributed by atoms with Crippen LogP contribution in [0.25, 0.3) is 0 Å². The molecule has 2 heteroatoms. The number of nitrogens with zero attached hydrogens (tertiary/aromatic N) is 1. The number of hydrogen-bond acceptors (Lipinski definition) is 2. The number of hydroxylamine groups is 2. The summed E-state index contributed by atoms with van der Waals surface area (Å²) < 4.78 is 0. The van der Waals surface area contributed by atoms with Gasteiger partial charge in [-0.05, 0) is 36.3 Å². The fourth-order valence-electron chi connectivity index (χ4n) is 2.93. The molecule has 21 heavy (non-hydrogen) atoms. The van der Waals surface area contributed by atoms with Gasteiger partial charge in [0.15, 0.2) is 0 Å². The highest BCUT2D eigenvalue weighted by Gasteiger charge is 2.19. The Morgan fingerprint density at radius 2 is 1.38 bits per heavy atom. The molecular formula is C19H23NO. The summed E-state index contributed by atoms with van der Waals surface area (Å²) in [7, 11) is 0. The molecule has 2 aromatic carbocycles. The summed E-state index contributed by atoms with van der Waals surface area (Å²) in [4.78, 5) is 5.90. The summed E-state index contributed by atoms with van der Waals surface area (Å²) in [6.07, 6.45) is 3.65. The molecule has 3 rings (SSSR count). The number of benzene rings is 2. The maximum atomic E-state index is 5.90. The second kappa shape index (κ2) is 7.39. The molecule has 0 aliphatic carbocycles. The van der Waals surface area contributed by atoms with Gasteiger partial charge in [-0.1, -0.05) is 60.7 Å². The highest BCUT2D eigenvalue weighted by atomic mass is 16.7. The zero-order chi connectivity index (χ0) is 14.3. The first-order chi connectivity index (χ1) is 10.4. The highest BCUT2D eigenvalue weighted by Crippen LogP contribution is 2.22. The molecule has 0 atom stereocenters. The van der Waals surface area contributed by atoms with Crippen molar-refractivity contribution < 1.29 is 4.84 Å². The Balaban J connectivity index is 1.41. The zero-order valence-electron chi connectivity index (χ0n) is 12.4. The van der Waals surface area contributed by atoms with Crippen LogP contribution in [0, 0.1) is 5.92 Å². The summed E-state index contributed by atoms with van der Waals surface area (Å²) >= 11 is 0. The van der Waals surface area contributed by atoms with E-state index >= 15 is 0 Å². The Bertz CT molecular complexity index is 518. The minimum absolute atomic E-state index is 0.685. The molecule has 1 aliphatic heterocycles. The molecule has 1 saturated heterocycles. The molecule has 2 aromatic rings. The topological polar surface area (TPSA) is 12.5 Å². The molecule has 1 heterocycles. The maximum Gasteiger partial charge on any atom is 0.0935 e. The molecule has 1 aliphatic rings. The van der Waals surface area contributed by atoms with Crippen molar-refractivity contribution in [3.63, 3.8) is 0 Å². The van der Waals surface area contributed by atoms with E-state index in [0.29, 0.717) is 6.61 Å². The molecule has 0 aromatic heterocycles. The smallest absolute Gasteiger partial charge is 0.0935 e. The normalized spacial score (nSPS) is 17.0. The number of piperidine rings is 1. The fraction of sp³-hybridized carbons (Fsp3) is 0.368. The van der Waals surface area contributed by atoms with Gasteiger partial charge in [-0.3, -0.25) is 4.84 Å². The van der Waals surface area contributed by atoms with Crippen LogP contribution >= 0.6 is 0 Å². The fourth-order valence-corrected chi connectivity index (χ4v) is 2.93. The quantitative estimate of drug-likeness (QED) is 0.819. The van der Waals surface area contributed by atoms with Gasteiger partial charge in [-0.2, -0.15) is 5.06 Å². The standard InChI is InChI=1S/C19H23NO/c1-3-7-17(8-4-1)15-18-11-13-20(14-12-18)21-16-19-9-5-2-6-10-19/h1-10,18H,11-16H2. The lowest BCUT2D eigenvalue weighted by Crippen LogP contribution is -2.34. The molecule has 0 N–H and O–H groups in total. The van der Waals surface area contributed by atoms with Crippen molar-refractivity contribution in [2.24, 2.45) is 5.92 Å². The second-order valence-electron chi connectivity index (χ2n) is 5.82. The maximum absolute atomic E-state index is 5.90. The average molecular weight is 281 g/mol. The van der Waals surface area contributed by atoms with E-state index in [4.69, 9.17) is 4.84 Å². The van der Waals surface area contributed by atoms with Crippen LogP contribution in [0.5, 0.6) is 0 Å². The van der Waals surface area contributed by atoms with Gasteiger partial charge in [0, 0.05) is 13.1 Å². The minimum Gasteiger partial charge on any atom is -0.294 e. The molecule has 0 bridgehead atoms. The third-order valence-corrected chi connectivity index (χ3v) is 4.20. The molecule has 110 valence electrons. The van der Waals surface area contributed by atoms with Crippen LogP contribution in [0.2, 0.25) is 0 Å². The zero-order valence-corrected chi connectivity index (χ0v) is 12.4. The number of hydrogen-bond donors (Lipinski definition) is 0. The SMILES string of the molecule is c1ccc(CON2CCC(Cc3ccccc3)CC2)cc1. The van der Waals surface area contributed by atoms with Crippen molar-refractivity contribution in [2.45, 2.75) is 25.9 Å². The minimum atomic E-state index is 0.685. The third kappa shape index (κ3) is 4.42. The van der Waals surface area contributed by atoms with Crippen LogP contribution in [0.1, 0.15) is 24.0 Å². The van der Waals surface area contributed by atoms with E-state index < -0.39 is 0 Å². The third-order valence-electron chi connectivity index (χ3n) is 4.20. The second-order valence-corrected chi connectivity index (χ2v) is 5.82. The molecule has 2 nitrogen and oxygen atoms in total. The van der Waals surface area contributed by atoms with E-state index in [0.717, 1.165) is 19.0 Å². The van der Waals surface area contributed by atoms with Crippen LogP contribution < -0.4 is 0 Å². The van der Waals surface area contributed by atoms with Crippen LogP contribution in [-0.4, -0.2) is 18.2 Å². The van der Waals surface area contributed by atoms with Crippen molar-refractivity contribution in [3.8, 4) is 0 Å². The van der Waals surface area contributed by atoms with Gasteiger partial charge in [-0.15, -0.1) is 0 Å². The van der Waals surface area contributed by atoms with Gasteiger partial charge in [0.2, 0.25) is 0 Å². The van der Waals surface area contributed by atoms with E-state index in [9.17, 15) is 0 Å². The van der Waals surface area contributed by atoms with Crippen molar-refractivity contribution >= 4 is 0 Å². The molecule has 0 amide bonds. The van der Waals surface area contributed by atoms with E-state index in [2.05, 4.69) is 59.7 Å². The van der Waals surface area contributed by atoms with Crippen molar-refractivity contribution in [3.05, 3.63) is 71.8 Å². The van der Waals surface area contributed by atoms with Gasteiger partial charge in [0.05, 0.1) is 6.61 Å². The summed E-state index contributed by atoms with van der Waals surface area (Å²) in [6.45, 7) is 2.78. The van der Waals surface area contributed by atoms with Crippen LogP contribution in [0.3, 0.4) is 0 Å². The Morgan fingerprint density at radius 3 is 2.00 bits per heavy atom. The molecule has 0 unspecified atom stereocenters. The first kappa shape index (κ1) is 14.3. The first-order valence-electron chi connectivity index (χ1n) is 7.86. The lowest BCUT2D eigenvalue weighted by atomic mass is 9.91. The summed E-state index contributed by atoms with van der Waals surface area (Å²) in [5.74, 6) is 0.795. The van der Waals surface area contributed by atoms with E-state index in [1.165, 1.54) is 30.4 Å². The Morgan fingerprint density at radius 1 is 0.810 bits per heavy atom. The van der Waals surface area contributed by atoms with E-state index in [1.54, 1.807) is 0 Å². The Kier molecular flexibility index (Phi) is 5.03. The Labute approximate surface area is 127 Å². The molecule has 0 spiro atoms. The summed E-state index contributed by atoms with van der Waals surface area (Å²) in [6, 6.07) is 21.2. The number of rotatable bonds is 5. The first-order valence-corrected chi connectivity index (χ1v) is 7.86. The summed E-state index contributed by atoms with van der Waals surface area (Å²) in [5.41, 5.74) is 2.70. The molecule has 1 fully saturated rings. The predicted octanol–water partition coefficient (Wildman–Crippen LogP) is 4.07. The van der Waals surface area contributed by atoms with Gasteiger partial charge in [0.25, 0.3) is 0 Å². The molecule has 0 saturated carbocycles. The predicted molar refractivity (Wildman–Crippen MR) is 85.7 cm³/mol. The van der Waals surface area contributed by atoms with E-state index in [-0.39, 0.29) is 0 Å². The van der Waals surface area contributed by atoms with E-state index in [1.807, 2.05) is 6.07 Å². The van der Waals surface area contributed by atoms with Crippen LogP contribution in [-0.2, 0) is 17.9 Å².